The lowest BCUT2D eigenvalue weighted by atomic mass is 9.90. The van der Waals surface area contributed by atoms with Crippen LogP contribution in [0, 0.1) is 11.3 Å². The van der Waals surface area contributed by atoms with Gasteiger partial charge in [-0.05, 0) is 54.4 Å². The second kappa shape index (κ2) is 9.92. The molecule has 6 heteroatoms. The second-order valence-corrected chi connectivity index (χ2v) is 7.59. The lowest BCUT2D eigenvalue weighted by Gasteiger charge is -2.20. The average molecular weight is 440 g/mol. The molecule has 1 atom stereocenters. The van der Waals surface area contributed by atoms with E-state index in [-0.39, 0.29) is 11.8 Å². The number of carbonyl (C=O) groups is 1. The predicted molar refractivity (Wildman–Crippen MR) is 128 cm³/mol. The van der Waals surface area contributed by atoms with E-state index in [2.05, 4.69) is 22.4 Å². The maximum atomic E-state index is 12.9. The first-order valence-electron chi connectivity index (χ1n) is 10.8. The van der Waals surface area contributed by atoms with E-state index in [4.69, 9.17) is 14.7 Å². The number of nitrogens with one attached hydrogen (secondary N) is 2. The Bertz CT molecular complexity index is 1320. The number of benzene rings is 3. The van der Waals surface area contributed by atoms with Crippen LogP contribution in [0.4, 0.5) is 0 Å². The number of aromatic amines is 1. The summed E-state index contributed by atoms with van der Waals surface area (Å²) in [7, 11) is 1.62. The van der Waals surface area contributed by atoms with Gasteiger partial charge in [0.25, 0.3) is 5.91 Å². The number of hydrogen-bond acceptors (Lipinski definition) is 4. The summed E-state index contributed by atoms with van der Waals surface area (Å²) in [6.45, 7) is 2.84. The highest BCUT2D eigenvalue weighted by Crippen LogP contribution is 2.35. The molecule has 0 saturated heterocycles. The molecule has 4 aromatic rings. The molecule has 0 radical (unpaired) electrons. The van der Waals surface area contributed by atoms with E-state index in [0.717, 1.165) is 22.0 Å². The zero-order valence-electron chi connectivity index (χ0n) is 18.6. The molecule has 166 valence electrons. The monoisotopic (exact) mass is 439 g/mol. The van der Waals surface area contributed by atoms with Crippen LogP contribution in [0.15, 0.2) is 72.9 Å². The number of amides is 1. The Kier molecular flexibility index (Phi) is 6.61. The van der Waals surface area contributed by atoms with Crippen molar-refractivity contribution in [3.63, 3.8) is 0 Å². The third kappa shape index (κ3) is 4.68. The average Bonchev–Trinajstić information content (AvgIpc) is 3.29. The van der Waals surface area contributed by atoms with Gasteiger partial charge in [-0.1, -0.05) is 30.3 Å². The van der Waals surface area contributed by atoms with E-state index in [1.54, 1.807) is 31.4 Å². The molecular weight excluding hydrogens is 414 g/mol. The van der Waals surface area contributed by atoms with Crippen LogP contribution in [-0.4, -0.2) is 31.2 Å². The second-order valence-electron chi connectivity index (χ2n) is 7.59. The first-order chi connectivity index (χ1) is 16.1. The fourth-order valence-corrected chi connectivity index (χ4v) is 3.99. The zero-order chi connectivity index (χ0) is 23.2. The molecule has 0 bridgehead atoms. The van der Waals surface area contributed by atoms with Crippen molar-refractivity contribution in [1.82, 2.24) is 10.3 Å². The molecule has 1 aromatic heterocycles. The fourth-order valence-electron chi connectivity index (χ4n) is 3.99. The molecule has 0 aliphatic heterocycles. The van der Waals surface area contributed by atoms with Gasteiger partial charge in [-0.2, -0.15) is 5.26 Å². The maximum Gasteiger partial charge on any atom is 0.251 e. The number of nitriles is 1. The summed E-state index contributed by atoms with van der Waals surface area (Å²) >= 11 is 0. The van der Waals surface area contributed by atoms with Crippen molar-refractivity contribution in [2.75, 3.05) is 20.3 Å². The molecule has 33 heavy (non-hydrogen) atoms. The minimum Gasteiger partial charge on any atom is -0.493 e. The molecule has 1 heterocycles. The summed E-state index contributed by atoms with van der Waals surface area (Å²) in [6.07, 6.45) is 1.99. The Morgan fingerprint density at radius 2 is 1.94 bits per heavy atom. The van der Waals surface area contributed by atoms with Crippen LogP contribution in [0.25, 0.3) is 10.9 Å². The highest BCUT2D eigenvalue weighted by atomic mass is 16.5. The number of fused-ring (bicyclic) bond motifs is 1. The van der Waals surface area contributed by atoms with E-state index in [9.17, 15) is 4.79 Å². The number of H-pyrrole nitrogens is 1. The van der Waals surface area contributed by atoms with Crippen LogP contribution in [0.1, 0.15) is 39.9 Å². The zero-order valence-corrected chi connectivity index (χ0v) is 18.6. The normalized spacial score (nSPS) is 11.5. The molecule has 3 aromatic carbocycles. The smallest absolute Gasteiger partial charge is 0.251 e. The van der Waals surface area contributed by atoms with E-state index in [1.165, 1.54) is 0 Å². The van der Waals surface area contributed by atoms with Crippen LogP contribution in [-0.2, 0) is 0 Å². The van der Waals surface area contributed by atoms with Gasteiger partial charge in [0.1, 0.15) is 0 Å². The molecule has 1 amide bonds. The van der Waals surface area contributed by atoms with Crippen molar-refractivity contribution < 1.29 is 14.3 Å². The minimum absolute atomic E-state index is 0.131. The molecule has 0 saturated carbocycles. The lowest BCUT2D eigenvalue weighted by Crippen LogP contribution is -2.29. The number of rotatable bonds is 8. The van der Waals surface area contributed by atoms with E-state index < -0.39 is 0 Å². The first kappa shape index (κ1) is 22.0. The van der Waals surface area contributed by atoms with E-state index >= 15 is 0 Å². The van der Waals surface area contributed by atoms with Crippen molar-refractivity contribution in [2.45, 2.75) is 12.8 Å². The van der Waals surface area contributed by atoms with Gasteiger partial charge in [-0.25, -0.2) is 0 Å². The Hall–Kier alpha value is -4.24. The predicted octanol–water partition coefficient (Wildman–Crippen LogP) is 5.01. The summed E-state index contributed by atoms with van der Waals surface area (Å²) in [6, 6.07) is 22.7. The molecular formula is C27H25N3O3. The third-order valence-corrected chi connectivity index (χ3v) is 5.61. The van der Waals surface area contributed by atoms with Gasteiger partial charge in [0.2, 0.25) is 0 Å². The number of methoxy groups -OCH3 is 1. The van der Waals surface area contributed by atoms with Gasteiger partial charge in [0, 0.05) is 35.1 Å². The van der Waals surface area contributed by atoms with Gasteiger partial charge in [0.15, 0.2) is 11.5 Å². The molecule has 2 N–H and O–H groups in total. The number of nitrogens with zero attached hydrogens (tertiary/aromatic N) is 1. The Morgan fingerprint density at radius 3 is 2.73 bits per heavy atom. The molecule has 0 aliphatic rings. The van der Waals surface area contributed by atoms with Crippen molar-refractivity contribution in [2.24, 2.45) is 0 Å². The minimum atomic E-state index is -0.227. The van der Waals surface area contributed by atoms with Crippen LogP contribution in [0.2, 0.25) is 0 Å². The van der Waals surface area contributed by atoms with Crippen molar-refractivity contribution in [1.29, 1.82) is 5.26 Å². The fraction of sp³-hybridized carbons (Fsp3) is 0.185. The number of aromatic nitrogens is 1. The van der Waals surface area contributed by atoms with Crippen molar-refractivity contribution in [3.05, 3.63) is 95.2 Å². The van der Waals surface area contributed by atoms with Gasteiger partial charge < -0.3 is 19.8 Å². The van der Waals surface area contributed by atoms with Gasteiger partial charge in [0.05, 0.1) is 25.3 Å². The number of hydrogen-bond donors (Lipinski definition) is 2. The number of carbonyl (C=O) groups excluding carboxylic acids is 1. The van der Waals surface area contributed by atoms with Gasteiger partial charge in [-0.3, -0.25) is 4.79 Å². The molecule has 4 rings (SSSR count). The SMILES string of the molecule is CCOc1ccc(C(CNC(=O)c2cccc(C#N)c2)c2c[nH]c3ccccc23)cc1OC. The topological polar surface area (TPSA) is 87.1 Å². The Morgan fingerprint density at radius 1 is 1.09 bits per heavy atom. The Labute approximate surface area is 192 Å². The summed E-state index contributed by atoms with van der Waals surface area (Å²) in [4.78, 5) is 16.2. The third-order valence-electron chi connectivity index (χ3n) is 5.61. The van der Waals surface area contributed by atoms with Crippen LogP contribution in [0.5, 0.6) is 11.5 Å². The van der Waals surface area contributed by atoms with Crippen molar-refractivity contribution in [3.8, 4) is 17.6 Å². The van der Waals surface area contributed by atoms with Gasteiger partial charge >= 0.3 is 0 Å². The van der Waals surface area contributed by atoms with Crippen LogP contribution >= 0.6 is 0 Å². The maximum absolute atomic E-state index is 12.9. The molecule has 0 aliphatic carbocycles. The van der Waals surface area contributed by atoms with Crippen molar-refractivity contribution >= 4 is 16.8 Å². The summed E-state index contributed by atoms with van der Waals surface area (Å²) in [5.41, 5.74) is 4.00. The standard InChI is InChI=1S/C27H25N3O3/c1-3-33-25-12-11-19(14-26(25)32-2)22(23-17-29-24-10-5-4-9-21(23)24)16-30-27(31)20-8-6-7-18(13-20)15-28/h4-14,17,22,29H,3,16H2,1-2H3,(H,30,31). The number of para-hydroxylation sites is 1. The molecule has 1 unspecified atom stereocenters. The number of ether oxygens (including phenoxy) is 2. The largest absolute Gasteiger partial charge is 0.493 e. The lowest BCUT2D eigenvalue weighted by molar-refractivity contribution is 0.0952. The van der Waals surface area contributed by atoms with Crippen LogP contribution in [0.3, 0.4) is 0 Å². The van der Waals surface area contributed by atoms with Crippen LogP contribution < -0.4 is 14.8 Å². The summed E-state index contributed by atoms with van der Waals surface area (Å²) < 4.78 is 11.2. The van der Waals surface area contributed by atoms with Gasteiger partial charge in [-0.15, -0.1) is 0 Å². The highest BCUT2D eigenvalue weighted by molar-refractivity contribution is 5.94. The van der Waals surface area contributed by atoms with E-state index in [0.29, 0.717) is 35.8 Å². The molecule has 6 nitrogen and oxygen atoms in total. The Balaban J connectivity index is 1.69. The highest BCUT2D eigenvalue weighted by Gasteiger charge is 2.21. The quantitative estimate of drug-likeness (QED) is 0.404. The van der Waals surface area contributed by atoms with E-state index in [1.807, 2.05) is 49.5 Å². The summed E-state index contributed by atoms with van der Waals surface area (Å²) in [5.74, 6) is 0.967. The molecule has 0 fully saturated rings. The molecule has 0 spiro atoms. The first-order valence-corrected chi connectivity index (χ1v) is 10.8. The summed E-state index contributed by atoms with van der Waals surface area (Å²) in [5, 5.41) is 13.3.